The van der Waals surface area contributed by atoms with E-state index in [9.17, 15) is 0 Å². The Bertz CT molecular complexity index is 433. The van der Waals surface area contributed by atoms with Gasteiger partial charge in [0.15, 0.2) is 0 Å². The number of aliphatic imine (C=N–C) groups is 2. The van der Waals surface area contributed by atoms with E-state index in [1.54, 1.807) is 11.9 Å². The van der Waals surface area contributed by atoms with Crippen LogP contribution in [0, 0.1) is 0 Å². The summed E-state index contributed by atoms with van der Waals surface area (Å²) in [4.78, 5) is 9.41. The summed E-state index contributed by atoms with van der Waals surface area (Å²) in [6, 6.07) is 9.31. The number of hydrogen-bond acceptors (Lipinski definition) is 4. The van der Waals surface area contributed by atoms with Crippen LogP contribution >= 0.6 is 23.2 Å². The molecule has 0 aliphatic carbocycles. The summed E-state index contributed by atoms with van der Waals surface area (Å²) in [5.74, 6) is 0.693. The summed E-state index contributed by atoms with van der Waals surface area (Å²) in [5, 5.41) is 0.338. The smallest absolute Gasteiger partial charge is 0.274 e. The highest BCUT2D eigenvalue weighted by Crippen LogP contribution is 2.17. The molecule has 0 saturated heterocycles. The molecule has 0 bridgehead atoms. The maximum Gasteiger partial charge on any atom is 0.274 e. The topological polar surface area (TPSA) is 37.2 Å². The molecule has 0 amide bonds. The Morgan fingerprint density at radius 1 is 1.25 bits per heavy atom. The van der Waals surface area contributed by atoms with Gasteiger partial charge in [-0.3, -0.25) is 4.90 Å². The first-order valence-electron chi connectivity index (χ1n) is 4.59. The van der Waals surface area contributed by atoms with Crippen molar-refractivity contribution in [1.82, 2.24) is 4.90 Å². The molecule has 1 atom stereocenters. The lowest BCUT2D eigenvalue weighted by Crippen LogP contribution is -2.40. The van der Waals surface area contributed by atoms with Gasteiger partial charge in [0.1, 0.15) is 5.75 Å². The molecule has 1 unspecified atom stereocenters. The van der Waals surface area contributed by atoms with E-state index in [0.29, 0.717) is 5.75 Å². The average Bonchev–Trinajstić information content (AvgIpc) is 2.27. The summed E-state index contributed by atoms with van der Waals surface area (Å²) >= 11 is 11.6. The monoisotopic (exact) mass is 257 g/mol. The van der Waals surface area contributed by atoms with Gasteiger partial charge in [-0.1, -0.05) is 18.2 Å². The van der Waals surface area contributed by atoms with Crippen LogP contribution in [-0.4, -0.2) is 28.9 Å². The van der Waals surface area contributed by atoms with Crippen molar-refractivity contribution in [2.24, 2.45) is 9.98 Å². The first-order valence-corrected chi connectivity index (χ1v) is 5.34. The van der Waals surface area contributed by atoms with Gasteiger partial charge in [0.25, 0.3) is 6.35 Å². The highest BCUT2D eigenvalue weighted by Gasteiger charge is 2.22. The molecule has 1 aromatic carbocycles. The Labute approximate surface area is 103 Å². The SMILES string of the molecule is CN1C(Cl)=NC(Cl)=NC1Oc1ccccc1. The standard InChI is InChI=1S/C10H9Cl2N3O/c1-15-9(12)13-8(11)14-10(15)16-7-5-3-2-4-6-7/h2-6,10H,1H3. The van der Waals surface area contributed by atoms with E-state index < -0.39 is 6.35 Å². The van der Waals surface area contributed by atoms with E-state index in [1.165, 1.54) is 0 Å². The summed E-state index contributed by atoms with van der Waals surface area (Å²) < 4.78 is 5.60. The van der Waals surface area contributed by atoms with E-state index in [1.807, 2.05) is 30.3 Å². The first kappa shape index (κ1) is 11.2. The van der Waals surface area contributed by atoms with Crippen molar-refractivity contribution in [3.8, 4) is 5.75 Å². The molecule has 2 rings (SSSR count). The fourth-order valence-electron chi connectivity index (χ4n) is 1.18. The number of halogens is 2. The lowest BCUT2D eigenvalue weighted by molar-refractivity contribution is 0.104. The molecule has 0 spiro atoms. The van der Waals surface area contributed by atoms with Crippen LogP contribution in [0.2, 0.25) is 0 Å². The van der Waals surface area contributed by atoms with E-state index in [-0.39, 0.29) is 10.6 Å². The molecule has 84 valence electrons. The zero-order valence-corrected chi connectivity index (χ0v) is 9.98. The van der Waals surface area contributed by atoms with Crippen molar-refractivity contribution >= 4 is 33.8 Å². The van der Waals surface area contributed by atoms with Crippen LogP contribution < -0.4 is 4.74 Å². The van der Waals surface area contributed by atoms with Gasteiger partial charge >= 0.3 is 0 Å². The van der Waals surface area contributed by atoms with Gasteiger partial charge in [0.2, 0.25) is 10.6 Å². The van der Waals surface area contributed by atoms with E-state index in [0.717, 1.165) is 0 Å². The second kappa shape index (κ2) is 4.72. The number of benzene rings is 1. The fourth-order valence-corrected chi connectivity index (χ4v) is 1.55. The van der Waals surface area contributed by atoms with Crippen molar-refractivity contribution in [3.63, 3.8) is 0 Å². The highest BCUT2D eigenvalue weighted by atomic mass is 35.5. The number of rotatable bonds is 2. The van der Waals surface area contributed by atoms with Crippen LogP contribution in [0.4, 0.5) is 0 Å². The maximum atomic E-state index is 5.85. The lowest BCUT2D eigenvalue weighted by atomic mass is 10.3. The van der Waals surface area contributed by atoms with E-state index in [4.69, 9.17) is 27.9 Å². The summed E-state index contributed by atoms with van der Waals surface area (Å²) in [5.41, 5.74) is 0. The lowest BCUT2D eigenvalue weighted by Gasteiger charge is -2.27. The molecular formula is C10H9Cl2N3O. The molecule has 1 aliphatic rings. The number of hydrogen-bond donors (Lipinski definition) is 0. The van der Waals surface area contributed by atoms with E-state index in [2.05, 4.69) is 9.98 Å². The predicted octanol–water partition coefficient (Wildman–Crippen LogP) is 2.48. The Morgan fingerprint density at radius 2 is 1.94 bits per heavy atom. The molecule has 1 heterocycles. The van der Waals surface area contributed by atoms with Gasteiger partial charge in [-0.2, -0.15) is 9.98 Å². The third kappa shape index (κ3) is 2.46. The van der Waals surface area contributed by atoms with Crippen molar-refractivity contribution in [1.29, 1.82) is 0 Å². The number of nitrogens with zero attached hydrogens (tertiary/aromatic N) is 3. The Kier molecular flexibility index (Phi) is 3.31. The molecule has 0 saturated carbocycles. The van der Waals surface area contributed by atoms with Gasteiger partial charge in [-0.05, 0) is 35.3 Å². The highest BCUT2D eigenvalue weighted by molar-refractivity contribution is 6.71. The normalized spacial score (nSPS) is 20.2. The number of para-hydroxylation sites is 1. The van der Waals surface area contributed by atoms with Crippen LogP contribution in [0.3, 0.4) is 0 Å². The van der Waals surface area contributed by atoms with Crippen LogP contribution in [0.1, 0.15) is 0 Å². The Hall–Kier alpha value is -1.26. The molecular weight excluding hydrogens is 249 g/mol. The molecule has 1 aliphatic heterocycles. The molecule has 0 radical (unpaired) electrons. The average molecular weight is 258 g/mol. The second-order valence-electron chi connectivity index (χ2n) is 3.15. The second-order valence-corrected chi connectivity index (χ2v) is 3.82. The van der Waals surface area contributed by atoms with E-state index >= 15 is 0 Å². The van der Waals surface area contributed by atoms with Crippen molar-refractivity contribution in [2.75, 3.05) is 7.05 Å². The predicted molar refractivity (Wildman–Crippen MR) is 65.2 cm³/mol. The quantitative estimate of drug-likeness (QED) is 0.764. The molecule has 1 aromatic rings. The zero-order valence-electron chi connectivity index (χ0n) is 8.47. The minimum atomic E-state index is -0.583. The minimum absolute atomic E-state index is 0.0871. The van der Waals surface area contributed by atoms with Gasteiger partial charge in [-0.25, -0.2) is 0 Å². The molecule has 0 aromatic heterocycles. The Morgan fingerprint density at radius 3 is 2.62 bits per heavy atom. The maximum absolute atomic E-state index is 5.85. The van der Waals surface area contributed by atoms with Gasteiger partial charge in [-0.15, -0.1) is 0 Å². The fraction of sp³-hybridized carbons (Fsp3) is 0.200. The molecule has 0 N–H and O–H groups in total. The van der Waals surface area contributed by atoms with Gasteiger partial charge in [0, 0.05) is 7.05 Å². The van der Waals surface area contributed by atoms with Crippen LogP contribution in [0.25, 0.3) is 0 Å². The minimum Gasteiger partial charge on any atom is -0.450 e. The summed E-state index contributed by atoms with van der Waals surface area (Å²) in [7, 11) is 1.73. The third-order valence-electron chi connectivity index (χ3n) is 2.01. The summed E-state index contributed by atoms with van der Waals surface area (Å²) in [6.45, 7) is 0. The van der Waals surface area contributed by atoms with Crippen LogP contribution in [-0.2, 0) is 0 Å². The van der Waals surface area contributed by atoms with Gasteiger partial charge < -0.3 is 4.74 Å². The third-order valence-corrected chi connectivity index (χ3v) is 2.54. The largest absolute Gasteiger partial charge is 0.450 e. The van der Waals surface area contributed by atoms with Gasteiger partial charge in [0.05, 0.1) is 0 Å². The van der Waals surface area contributed by atoms with Crippen molar-refractivity contribution in [3.05, 3.63) is 30.3 Å². The summed E-state index contributed by atoms with van der Waals surface area (Å²) in [6.07, 6.45) is -0.583. The van der Waals surface area contributed by atoms with Crippen LogP contribution in [0.5, 0.6) is 5.75 Å². The molecule has 4 nitrogen and oxygen atoms in total. The number of amidine groups is 2. The van der Waals surface area contributed by atoms with Crippen molar-refractivity contribution < 1.29 is 4.74 Å². The van der Waals surface area contributed by atoms with Crippen molar-refractivity contribution in [2.45, 2.75) is 6.35 Å². The molecule has 0 fully saturated rings. The zero-order chi connectivity index (χ0) is 11.5. The number of ether oxygens (including phenoxy) is 1. The first-order chi connectivity index (χ1) is 7.66. The van der Waals surface area contributed by atoms with Crippen LogP contribution in [0.15, 0.2) is 40.3 Å². The Balaban J connectivity index is 2.14. The molecule has 16 heavy (non-hydrogen) atoms. The molecule has 6 heteroatoms.